The first-order chi connectivity index (χ1) is 9.56. The lowest BCUT2D eigenvalue weighted by Crippen LogP contribution is -2.15. The molecule has 0 saturated heterocycles. The third kappa shape index (κ3) is 3.74. The van der Waals surface area contributed by atoms with Crippen LogP contribution in [0.15, 0.2) is 24.5 Å². The Balaban J connectivity index is 1.87. The maximum Gasteiger partial charge on any atom is 0.261 e. The highest BCUT2D eigenvalue weighted by molar-refractivity contribution is 5.93. The van der Waals surface area contributed by atoms with Crippen molar-refractivity contribution in [2.24, 2.45) is 7.05 Å². The maximum atomic E-state index is 11.8. The van der Waals surface area contributed by atoms with E-state index < -0.39 is 13.0 Å². The molecule has 20 heavy (non-hydrogen) atoms. The number of anilines is 1. The quantitative estimate of drug-likeness (QED) is 0.827. The number of halogens is 2. The molecule has 0 aliphatic heterocycles. The Labute approximate surface area is 114 Å². The van der Waals surface area contributed by atoms with Gasteiger partial charge in [0.05, 0.1) is 30.4 Å². The number of hydrogen-bond acceptors (Lipinski definition) is 3. The van der Waals surface area contributed by atoms with Gasteiger partial charge in [-0.05, 0) is 18.2 Å². The molecule has 1 aromatic heterocycles. The van der Waals surface area contributed by atoms with Crippen molar-refractivity contribution in [2.75, 3.05) is 18.5 Å². The van der Waals surface area contributed by atoms with Gasteiger partial charge >= 0.3 is 0 Å². The van der Waals surface area contributed by atoms with Crippen LogP contribution in [0, 0.1) is 0 Å². The topological polar surface area (TPSA) is 56.2 Å². The monoisotopic (exact) mass is 283 g/mol. The molecule has 0 aliphatic rings. The largest absolute Gasteiger partial charge is 0.375 e. The van der Waals surface area contributed by atoms with Crippen molar-refractivity contribution in [3.63, 3.8) is 0 Å². The molecule has 7 heteroatoms. The second-order valence-electron chi connectivity index (χ2n) is 4.32. The molecule has 5 nitrogen and oxygen atoms in total. The zero-order chi connectivity index (χ0) is 14.5. The van der Waals surface area contributed by atoms with E-state index in [-0.39, 0.29) is 18.9 Å². The number of nitrogens with one attached hydrogen (secondary N) is 1. The van der Waals surface area contributed by atoms with Gasteiger partial charge in [0.25, 0.3) is 6.43 Å². The van der Waals surface area contributed by atoms with Gasteiger partial charge in [-0.2, -0.15) is 0 Å². The van der Waals surface area contributed by atoms with Crippen molar-refractivity contribution in [2.45, 2.75) is 12.8 Å². The van der Waals surface area contributed by atoms with Gasteiger partial charge in [-0.25, -0.2) is 13.8 Å². The number of aryl methyl sites for hydroxylation is 1. The maximum absolute atomic E-state index is 11.8. The van der Waals surface area contributed by atoms with E-state index in [0.717, 1.165) is 11.0 Å². The predicted molar refractivity (Wildman–Crippen MR) is 70.8 cm³/mol. The molecule has 108 valence electrons. The second-order valence-corrected chi connectivity index (χ2v) is 4.32. The molecule has 0 fully saturated rings. The van der Waals surface area contributed by atoms with Gasteiger partial charge < -0.3 is 14.6 Å². The smallest absolute Gasteiger partial charge is 0.261 e. The highest BCUT2D eigenvalue weighted by Gasteiger charge is 2.07. The van der Waals surface area contributed by atoms with Crippen molar-refractivity contribution in [3.05, 3.63) is 24.5 Å². The van der Waals surface area contributed by atoms with Gasteiger partial charge in [0.2, 0.25) is 5.91 Å². The number of carbonyl (C=O) groups excluding carboxylic acids is 1. The van der Waals surface area contributed by atoms with Crippen LogP contribution >= 0.6 is 0 Å². The minimum Gasteiger partial charge on any atom is -0.375 e. The molecule has 0 radical (unpaired) electrons. The van der Waals surface area contributed by atoms with Gasteiger partial charge in [-0.1, -0.05) is 0 Å². The van der Waals surface area contributed by atoms with Crippen LogP contribution in [0.5, 0.6) is 0 Å². The summed E-state index contributed by atoms with van der Waals surface area (Å²) in [6.45, 7) is -0.668. The summed E-state index contributed by atoms with van der Waals surface area (Å²) in [4.78, 5) is 15.8. The van der Waals surface area contributed by atoms with E-state index in [0.29, 0.717) is 5.69 Å². The molecule has 1 amide bonds. The first-order valence-corrected chi connectivity index (χ1v) is 6.13. The zero-order valence-electron chi connectivity index (χ0n) is 11.0. The Morgan fingerprint density at radius 3 is 3.05 bits per heavy atom. The number of fused-ring (bicyclic) bond motifs is 1. The lowest BCUT2D eigenvalue weighted by molar-refractivity contribution is -0.117. The number of nitrogens with zero attached hydrogens (tertiary/aromatic N) is 2. The lowest BCUT2D eigenvalue weighted by Gasteiger charge is -2.06. The number of aromatic nitrogens is 2. The highest BCUT2D eigenvalue weighted by Crippen LogP contribution is 2.17. The third-order valence-electron chi connectivity index (χ3n) is 2.73. The van der Waals surface area contributed by atoms with E-state index in [2.05, 4.69) is 15.0 Å². The van der Waals surface area contributed by atoms with E-state index in [4.69, 9.17) is 0 Å². The van der Waals surface area contributed by atoms with Crippen molar-refractivity contribution in [1.29, 1.82) is 0 Å². The highest BCUT2D eigenvalue weighted by atomic mass is 19.3. The van der Waals surface area contributed by atoms with Crippen LogP contribution in [0.1, 0.15) is 6.42 Å². The summed E-state index contributed by atoms with van der Waals surface area (Å²) >= 11 is 0. The molecule has 1 heterocycles. The molecule has 2 rings (SSSR count). The predicted octanol–water partition coefficient (Wildman–Crippen LogP) is 2.18. The van der Waals surface area contributed by atoms with Crippen LogP contribution in [0.3, 0.4) is 0 Å². The van der Waals surface area contributed by atoms with Crippen molar-refractivity contribution >= 4 is 22.6 Å². The van der Waals surface area contributed by atoms with Crippen molar-refractivity contribution < 1.29 is 18.3 Å². The number of rotatable bonds is 6. The summed E-state index contributed by atoms with van der Waals surface area (Å²) in [5.74, 6) is -0.277. The fourth-order valence-corrected chi connectivity index (χ4v) is 1.76. The van der Waals surface area contributed by atoms with Gasteiger partial charge in [0, 0.05) is 12.7 Å². The normalized spacial score (nSPS) is 11.2. The van der Waals surface area contributed by atoms with Crippen LogP contribution in [0.25, 0.3) is 11.0 Å². The second kappa shape index (κ2) is 6.42. The number of amides is 1. The molecule has 2 aromatic rings. The summed E-state index contributed by atoms with van der Waals surface area (Å²) in [6, 6.07) is 5.35. The Morgan fingerprint density at radius 2 is 2.30 bits per heavy atom. The fraction of sp³-hybridized carbons (Fsp3) is 0.385. The van der Waals surface area contributed by atoms with Crippen LogP contribution in [-0.2, 0) is 16.6 Å². The fourth-order valence-electron chi connectivity index (χ4n) is 1.76. The molecule has 0 saturated carbocycles. The SMILES string of the molecule is Cn1cnc2ccc(NC(=O)CCOCC(F)F)cc21. The number of alkyl halides is 2. The number of imidazole rings is 1. The molecule has 1 aromatic carbocycles. The summed E-state index contributed by atoms with van der Waals surface area (Å²) in [7, 11) is 1.86. The summed E-state index contributed by atoms with van der Waals surface area (Å²) in [5, 5.41) is 2.69. The Hall–Kier alpha value is -2.02. The van der Waals surface area contributed by atoms with Crippen molar-refractivity contribution in [3.8, 4) is 0 Å². The zero-order valence-corrected chi connectivity index (χ0v) is 11.0. The average molecular weight is 283 g/mol. The van der Waals surface area contributed by atoms with Crippen LogP contribution in [-0.4, -0.2) is 35.1 Å². The van der Waals surface area contributed by atoms with E-state index in [1.807, 2.05) is 11.6 Å². The molecular weight excluding hydrogens is 268 g/mol. The minimum atomic E-state index is -2.51. The van der Waals surface area contributed by atoms with Crippen molar-refractivity contribution in [1.82, 2.24) is 9.55 Å². The van der Waals surface area contributed by atoms with Gasteiger partial charge in [-0.3, -0.25) is 4.79 Å². The van der Waals surface area contributed by atoms with Gasteiger partial charge in [0.1, 0.15) is 6.61 Å². The number of ether oxygens (including phenoxy) is 1. The molecule has 0 aliphatic carbocycles. The minimum absolute atomic E-state index is 0.0237. The number of benzene rings is 1. The van der Waals surface area contributed by atoms with E-state index >= 15 is 0 Å². The lowest BCUT2D eigenvalue weighted by atomic mass is 10.2. The summed E-state index contributed by atoms with van der Waals surface area (Å²) in [6.07, 6.45) is -0.782. The first-order valence-electron chi connectivity index (χ1n) is 6.13. The van der Waals surface area contributed by atoms with Gasteiger partial charge in [-0.15, -0.1) is 0 Å². The van der Waals surface area contributed by atoms with Crippen LogP contribution in [0.4, 0.5) is 14.5 Å². The Kier molecular flexibility index (Phi) is 4.62. The first kappa shape index (κ1) is 14.4. The summed E-state index contributed by atoms with van der Waals surface area (Å²) < 4.78 is 30.2. The average Bonchev–Trinajstić information content (AvgIpc) is 2.76. The van der Waals surface area contributed by atoms with Crippen LogP contribution in [0.2, 0.25) is 0 Å². The standard InChI is InChI=1S/C13H15F2N3O2/c1-18-8-16-10-3-2-9(6-11(10)18)17-13(19)4-5-20-7-12(14)15/h2-3,6,8,12H,4-5,7H2,1H3,(H,17,19). The number of carbonyl (C=O) groups is 1. The molecule has 0 bridgehead atoms. The van der Waals surface area contributed by atoms with Gasteiger partial charge in [0.15, 0.2) is 0 Å². The summed E-state index contributed by atoms with van der Waals surface area (Å²) in [5.41, 5.74) is 2.38. The van der Waals surface area contributed by atoms with E-state index in [1.54, 1.807) is 24.5 Å². The Bertz CT molecular complexity index is 598. The third-order valence-corrected chi connectivity index (χ3v) is 2.73. The molecule has 0 spiro atoms. The van der Waals surface area contributed by atoms with E-state index in [9.17, 15) is 13.6 Å². The molecule has 0 unspecified atom stereocenters. The molecular formula is C13H15F2N3O2. The molecule has 0 atom stereocenters. The molecule has 1 N–H and O–H groups in total. The van der Waals surface area contributed by atoms with Crippen LogP contribution < -0.4 is 5.32 Å². The number of hydrogen-bond donors (Lipinski definition) is 1. The Morgan fingerprint density at radius 1 is 1.50 bits per heavy atom. The van der Waals surface area contributed by atoms with E-state index in [1.165, 1.54) is 0 Å².